The molecule has 0 aliphatic carbocycles. The zero-order chi connectivity index (χ0) is 22.1. The minimum Gasteiger partial charge on any atom is -0.486 e. The average molecular weight is 438 g/mol. The first-order valence-corrected chi connectivity index (χ1v) is 10.9. The molecule has 1 aliphatic rings. The predicted octanol–water partition coefficient (Wildman–Crippen LogP) is 6.56. The second-order valence-electron chi connectivity index (χ2n) is 8.07. The van der Waals surface area contributed by atoms with E-state index < -0.39 is 11.6 Å². The molecule has 0 amide bonds. The van der Waals surface area contributed by atoms with Gasteiger partial charge in [0.1, 0.15) is 12.7 Å². The fourth-order valence-electron chi connectivity index (χ4n) is 4.04. The number of benzene rings is 3. The molecule has 32 heavy (non-hydrogen) atoms. The molecule has 1 saturated heterocycles. The minimum absolute atomic E-state index is 0.0287. The lowest BCUT2D eigenvalue weighted by Crippen LogP contribution is -2.16. The monoisotopic (exact) mass is 438 g/mol. The molecular weight excluding hydrogens is 414 g/mol. The molecule has 2 heterocycles. The van der Waals surface area contributed by atoms with E-state index in [2.05, 4.69) is 19.1 Å². The number of fused-ring (bicyclic) bond motifs is 3. The maximum absolute atomic E-state index is 15.1. The van der Waals surface area contributed by atoms with E-state index in [1.165, 1.54) is 5.56 Å². The van der Waals surface area contributed by atoms with E-state index in [0.717, 1.165) is 18.4 Å². The van der Waals surface area contributed by atoms with E-state index >= 15 is 8.78 Å². The molecule has 0 radical (unpaired) electrons. The maximum Gasteiger partial charge on any atom is 0.208 e. The van der Waals surface area contributed by atoms with Crippen LogP contribution in [-0.2, 0) is 17.8 Å². The Hall–Kier alpha value is -3.12. The van der Waals surface area contributed by atoms with Crippen LogP contribution in [-0.4, -0.2) is 19.3 Å². The Morgan fingerprint density at radius 1 is 0.875 bits per heavy atom. The highest BCUT2D eigenvalue weighted by atomic mass is 19.1. The Bertz CT molecular complexity index is 1240. The van der Waals surface area contributed by atoms with E-state index in [1.54, 1.807) is 24.3 Å². The van der Waals surface area contributed by atoms with Crippen LogP contribution < -0.4 is 9.47 Å². The van der Waals surface area contributed by atoms with Crippen molar-refractivity contribution in [2.45, 2.75) is 38.9 Å². The highest BCUT2D eigenvalue weighted by Gasteiger charge is 2.23. The summed E-state index contributed by atoms with van der Waals surface area (Å²) in [7, 11) is 0. The normalized spacial score (nSPS) is 16.2. The molecule has 166 valence electrons. The smallest absolute Gasteiger partial charge is 0.208 e. The number of hydrogen-bond acceptors (Lipinski definition) is 4. The lowest BCUT2D eigenvalue weighted by molar-refractivity contribution is 0.138. The van der Waals surface area contributed by atoms with Crippen LogP contribution in [0.4, 0.5) is 8.78 Å². The van der Waals surface area contributed by atoms with Crippen molar-refractivity contribution in [1.29, 1.82) is 0 Å². The molecule has 5 rings (SSSR count). The van der Waals surface area contributed by atoms with Gasteiger partial charge >= 0.3 is 0 Å². The molecule has 0 spiro atoms. The number of rotatable bonds is 7. The van der Waals surface area contributed by atoms with E-state index in [4.69, 9.17) is 18.6 Å². The number of hydrogen-bond donors (Lipinski definition) is 0. The third kappa shape index (κ3) is 3.91. The van der Waals surface area contributed by atoms with Crippen LogP contribution in [0.15, 0.2) is 52.9 Å². The fourth-order valence-corrected chi connectivity index (χ4v) is 4.04. The molecule has 1 aliphatic heterocycles. The number of ether oxygens (including phenoxy) is 3. The zero-order valence-corrected chi connectivity index (χ0v) is 17.8. The number of halogens is 2. The van der Waals surface area contributed by atoms with E-state index in [9.17, 15) is 0 Å². The summed E-state index contributed by atoms with van der Waals surface area (Å²) in [5.41, 5.74) is 2.14. The highest BCUT2D eigenvalue weighted by molar-refractivity contribution is 6.06. The van der Waals surface area contributed by atoms with Gasteiger partial charge in [-0.15, -0.1) is 0 Å². The van der Waals surface area contributed by atoms with Gasteiger partial charge in [0.15, 0.2) is 22.7 Å². The number of aryl methyl sites for hydroxylation is 1. The van der Waals surface area contributed by atoms with Crippen molar-refractivity contribution in [2.24, 2.45) is 0 Å². The van der Waals surface area contributed by atoms with Gasteiger partial charge in [0, 0.05) is 17.2 Å². The molecule has 3 aromatic carbocycles. The first kappa shape index (κ1) is 20.8. The standard InChI is InChI=1S/C26H24F2O4/c1-2-3-16-4-6-17(7-5-16)14-30-21-10-8-19-20-9-11-22(31-18-12-13-29-15-18)24(28)26(20)32-25(19)23(21)27/h4-11,18H,2-3,12-15H2,1H3. The van der Waals surface area contributed by atoms with Crippen molar-refractivity contribution in [2.75, 3.05) is 13.2 Å². The van der Waals surface area contributed by atoms with Gasteiger partial charge in [-0.1, -0.05) is 37.6 Å². The summed E-state index contributed by atoms with van der Waals surface area (Å²) in [6.45, 7) is 3.38. The Balaban J connectivity index is 1.41. The van der Waals surface area contributed by atoms with Crippen molar-refractivity contribution in [3.8, 4) is 11.5 Å². The van der Waals surface area contributed by atoms with E-state index in [1.807, 2.05) is 12.1 Å². The average Bonchev–Trinajstić information content (AvgIpc) is 3.45. The van der Waals surface area contributed by atoms with Crippen molar-refractivity contribution in [3.05, 3.63) is 71.3 Å². The SMILES string of the molecule is CCCc1ccc(COc2ccc3c(oc4c(F)c(OC5CCOC5)ccc43)c2F)cc1. The van der Waals surface area contributed by atoms with Crippen LogP contribution in [0.3, 0.4) is 0 Å². The minimum atomic E-state index is -0.646. The van der Waals surface area contributed by atoms with Gasteiger partial charge in [-0.3, -0.25) is 0 Å². The van der Waals surface area contributed by atoms with Gasteiger partial charge in [-0.25, -0.2) is 0 Å². The van der Waals surface area contributed by atoms with E-state index in [-0.39, 0.29) is 35.4 Å². The first-order valence-electron chi connectivity index (χ1n) is 10.9. The molecule has 1 unspecified atom stereocenters. The molecule has 4 aromatic rings. The molecule has 6 heteroatoms. The lowest BCUT2D eigenvalue weighted by Gasteiger charge is -2.12. The summed E-state index contributed by atoms with van der Waals surface area (Å²) in [6.07, 6.45) is 2.62. The molecule has 4 nitrogen and oxygen atoms in total. The largest absolute Gasteiger partial charge is 0.486 e. The van der Waals surface area contributed by atoms with Gasteiger partial charge in [0.25, 0.3) is 0 Å². The van der Waals surface area contributed by atoms with Crippen molar-refractivity contribution in [3.63, 3.8) is 0 Å². The quantitative estimate of drug-likeness (QED) is 0.328. The van der Waals surface area contributed by atoms with Gasteiger partial charge in [0.2, 0.25) is 11.6 Å². The van der Waals surface area contributed by atoms with Gasteiger partial charge in [-0.05, 0) is 41.8 Å². The van der Waals surface area contributed by atoms with Crippen LogP contribution in [0.25, 0.3) is 21.9 Å². The first-order chi connectivity index (χ1) is 15.6. The summed E-state index contributed by atoms with van der Waals surface area (Å²) in [4.78, 5) is 0. The number of furan rings is 1. The second kappa shape index (κ2) is 8.79. The predicted molar refractivity (Wildman–Crippen MR) is 118 cm³/mol. The zero-order valence-electron chi connectivity index (χ0n) is 17.8. The van der Waals surface area contributed by atoms with Crippen molar-refractivity contribution < 1.29 is 27.4 Å². The Morgan fingerprint density at radius 3 is 2.19 bits per heavy atom. The molecule has 1 fully saturated rings. The van der Waals surface area contributed by atoms with Gasteiger partial charge in [0.05, 0.1) is 13.2 Å². The van der Waals surface area contributed by atoms with E-state index in [0.29, 0.717) is 30.4 Å². The molecule has 1 atom stereocenters. The molecule has 0 N–H and O–H groups in total. The summed E-state index contributed by atoms with van der Waals surface area (Å²) in [6, 6.07) is 14.6. The summed E-state index contributed by atoms with van der Waals surface area (Å²) < 4.78 is 52.5. The highest BCUT2D eigenvalue weighted by Crippen LogP contribution is 2.38. The third-order valence-electron chi connectivity index (χ3n) is 5.76. The van der Waals surface area contributed by atoms with Crippen molar-refractivity contribution >= 4 is 21.9 Å². The molecule has 1 aromatic heterocycles. The second-order valence-corrected chi connectivity index (χ2v) is 8.07. The summed E-state index contributed by atoms with van der Waals surface area (Å²) >= 11 is 0. The lowest BCUT2D eigenvalue weighted by atomic mass is 10.1. The van der Waals surface area contributed by atoms with Crippen LogP contribution >= 0.6 is 0 Å². The summed E-state index contributed by atoms with van der Waals surface area (Å²) in [5.74, 6) is -1.14. The maximum atomic E-state index is 15.1. The Kier molecular flexibility index (Phi) is 5.70. The Morgan fingerprint density at radius 2 is 1.53 bits per heavy atom. The van der Waals surface area contributed by atoms with Crippen molar-refractivity contribution in [1.82, 2.24) is 0 Å². The van der Waals surface area contributed by atoms with Crippen LogP contribution in [0.2, 0.25) is 0 Å². The molecule has 0 saturated carbocycles. The molecule has 0 bridgehead atoms. The van der Waals surface area contributed by atoms with Crippen LogP contribution in [0.1, 0.15) is 30.9 Å². The summed E-state index contributed by atoms with van der Waals surface area (Å²) in [5, 5.41) is 0.980. The van der Waals surface area contributed by atoms with Gasteiger partial charge in [-0.2, -0.15) is 8.78 Å². The van der Waals surface area contributed by atoms with Gasteiger partial charge < -0.3 is 18.6 Å². The topological polar surface area (TPSA) is 40.8 Å². The Labute approximate surface area is 184 Å². The van der Waals surface area contributed by atoms with Crippen LogP contribution in [0, 0.1) is 11.6 Å². The third-order valence-corrected chi connectivity index (χ3v) is 5.76. The van der Waals surface area contributed by atoms with Crippen LogP contribution in [0.5, 0.6) is 11.5 Å². The fraction of sp³-hybridized carbons (Fsp3) is 0.308. The molecular formula is C26H24F2O4.